The molecule has 7 nitrogen and oxygen atoms in total. The Hall–Kier alpha value is -3.85. The van der Waals surface area contributed by atoms with Gasteiger partial charge in [0.05, 0.1) is 11.7 Å². The lowest BCUT2D eigenvalue weighted by Crippen LogP contribution is -2.03. The van der Waals surface area contributed by atoms with E-state index in [9.17, 15) is 4.39 Å². The van der Waals surface area contributed by atoms with Crippen LogP contribution in [0.1, 0.15) is 11.3 Å². The molecule has 31 heavy (non-hydrogen) atoms. The summed E-state index contributed by atoms with van der Waals surface area (Å²) in [7, 11) is 0. The number of aromatic nitrogens is 6. The van der Waals surface area contributed by atoms with Crippen LogP contribution in [0.2, 0.25) is 0 Å². The quantitative estimate of drug-likeness (QED) is 0.434. The van der Waals surface area contributed by atoms with Gasteiger partial charge in [0.2, 0.25) is 5.95 Å². The number of aryl methyl sites for hydroxylation is 1. The van der Waals surface area contributed by atoms with Crippen LogP contribution < -0.4 is 5.32 Å². The van der Waals surface area contributed by atoms with Crippen molar-refractivity contribution in [3.8, 4) is 22.0 Å². The first-order valence-electron chi connectivity index (χ1n) is 9.52. The van der Waals surface area contributed by atoms with Crippen molar-refractivity contribution in [1.29, 1.82) is 0 Å². The Kier molecular flexibility index (Phi) is 5.01. The van der Waals surface area contributed by atoms with Crippen molar-refractivity contribution in [3.05, 3.63) is 78.3 Å². The van der Waals surface area contributed by atoms with Gasteiger partial charge in [-0.1, -0.05) is 6.07 Å². The van der Waals surface area contributed by atoms with Crippen LogP contribution in [0.25, 0.3) is 32.9 Å². The molecule has 5 aromatic heterocycles. The average molecular weight is 429 g/mol. The van der Waals surface area contributed by atoms with Crippen molar-refractivity contribution in [2.45, 2.75) is 13.5 Å². The molecular weight excluding hydrogens is 413 g/mol. The highest BCUT2D eigenvalue weighted by atomic mass is 32.1. The highest BCUT2D eigenvalue weighted by molar-refractivity contribution is 7.09. The molecule has 5 rings (SSSR count). The molecule has 0 spiro atoms. The van der Waals surface area contributed by atoms with E-state index in [0.29, 0.717) is 34.3 Å². The number of pyridine rings is 4. The highest BCUT2D eigenvalue weighted by Gasteiger charge is 2.11. The van der Waals surface area contributed by atoms with E-state index in [1.165, 1.54) is 17.6 Å². The second-order valence-electron chi connectivity index (χ2n) is 6.90. The SMILES string of the molecule is Cc1cc(-c2ncc(CNc3nsc(-c4cc5cccnc5cn4)n3)cc2F)ccn1. The van der Waals surface area contributed by atoms with E-state index in [1.807, 2.05) is 25.1 Å². The molecule has 0 aliphatic carbocycles. The molecule has 5 aromatic rings. The summed E-state index contributed by atoms with van der Waals surface area (Å²) in [6, 6.07) is 10.8. The summed E-state index contributed by atoms with van der Waals surface area (Å²) in [6.45, 7) is 2.21. The van der Waals surface area contributed by atoms with E-state index in [1.54, 1.807) is 36.9 Å². The molecule has 1 N–H and O–H groups in total. The van der Waals surface area contributed by atoms with Crippen molar-refractivity contribution >= 4 is 28.4 Å². The van der Waals surface area contributed by atoms with Gasteiger partial charge in [-0.3, -0.25) is 19.9 Å². The van der Waals surface area contributed by atoms with E-state index >= 15 is 0 Å². The maximum absolute atomic E-state index is 14.6. The summed E-state index contributed by atoms with van der Waals surface area (Å²) in [5.74, 6) is 0.0770. The minimum atomic E-state index is -0.384. The van der Waals surface area contributed by atoms with Crippen LogP contribution in [0.15, 0.2) is 61.2 Å². The first-order valence-corrected chi connectivity index (χ1v) is 10.3. The van der Waals surface area contributed by atoms with Crippen LogP contribution in [0.5, 0.6) is 0 Å². The summed E-state index contributed by atoms with van der Waals surface area (Å²) in [5, 5.41) is 4.80. The lowest BCUT2D eigenvalue weighted by Gasteiger charge is -2.06. The maximum atomic E-state index is 14.6. The molecule has 0 amide bonds. The molecule has 0 fully saturated rings. The fourth-order valence-electron chi connectivity index (χ4n) is 3.15. The number of nitrogens with one attached hydrogen (secondary N) is 1. The molecule has 9 heteroatoms. The summed E-state index contributed by atoms with van der Waals surface area (Å²) in [4.78, 5) is 21.6. The Bertz CT molecular complexity index is 1390. The van der Waals surface area contributed by atoms with Crippen molar-refractivity contribution in [2.75, 3.05) is 5.32 Å². The van der Waals surface area contributed by atoms with Crippen LogP contribution in [-0.4, -0.2) is 29.3 Å². The fraction of sp³-hybridized carbons (Fsp3) is 0.0909. The molecule has 0 radical (unpaired) electrons. The second kappa shape index (κ2) is 8.11. The van der Waals surface area contributed by atoms with E-state index in [2.05, 4.69) is 34.6 Å². The summed E-state index contributed by atoms with van der Waals surface area (Å²) < 4.78 is 18.9. The van der Waals surface area contributed by atoms with Gasteiger partial charge in [0.15, 0.2) is 5.01 Å². The van der Waals surface area contributed by atoms with Crippen LogP contribution in [-0.2, 0) is 6.54 Å². The average Bonchev–Trinajstić information content (AvgIpc) is 3.26. The Morgan fingerprint density at radius 2 is 1.94 bits per heavy atom. The van der Waals surface area contributed by atoms with Gasteiger partial charge in [0.25, 0.3) is 0 Å². The third-order valence-electron chi connectivity index (χ3n) is 4.65. The van der Waals surface area contributed by atoms with E-state index in [-0.39, 0.29) is 5.82 Å². The summed E-state index contributed by atoms with van der Waals surface area (Å²) >= 11 is 1.25. The van der Waals surface area contributed by atoms with E-state index < -0.39 is 0 Å². The smallest absolute Gasteiger partial charge is 0.235 e. The van der Waals surface area contributed by atoms with Crippen molar-refractivity contribution < 1.29 is 4.39 Å². The number of anilines is 1. The molecule has 0 saturated carbocycles. The van der Waals surface area contributed by atoms with Gasteiger partial charge in [0, 0.05) is 41.8 Å². The minimum absolute atomic E-state index is 0.306. The zero-order valence-corrected chi connectivity index (χ0v) is 17.3. The number of fused-ring (bicyclic) bond motifs is 1. The first kappa shape index (κ1) is 19.1. The molecule has 0 aromatic carbocycles. The number of nitrogens with zero attached hydrogens (tertiary/aromatic N) is 6. The molecule has 0 saturated heterocycles. The predicted molar refractivity (Wildman–Crippen MR) is 118 cm³/mol. The normalized spacial score (nSPS) is 11.0. The van der Waals surface area contributed by atoms with Gasteiger partial charge in [-0.05, 0) is 54.4 Å². The van der Waals surface area contributed by atoms with Gasteiger partial charge in [-0.15, -0.1) is 0 Å². The van der Waals surface area contributed by atoms with Crippen molar-refractivity contribution in [3.63, 3.8) is 0 Å². The van der Waals surface area contributed by atoms with Crippen molar-refractivity contribution in [1.82, 2.24) is 29.3 Å². The highest BCUT2D eigenvalue weighted by Crippen LogP contribution is 2.25. The van der Waals surface area contributed by atoms with Crippen LogP contribution in [0, 0.1) is 12.7 Å². The zero-order valence-electron chi connectivity index (χ0n) is 16.5. The maximum Gasteiger partial charge on any atom is 0.235 e. The van der Waals surface area contributed by atoms with Gasteiger partial charge in [-0.25, -0.2) is 4.39 Å². The number of halogens is 1. The molecule has 5 heterocycles. The van der Waals surface area contributed by atoms with Crippen LogP contribution in [0.4, 0.5) is 10.3 Å². The molecule has 0 aliphatic rings. The fourth-order valence-corrected chi connectivity index (χ4v) is 3.76. The Labute approximate surface area is 181 Å². The van der Waals surface area contributed by atoms with Crippen LogP contribution >= 0.6 is 11.5 Å². The molecule has 0 aliphatic heterocycles. The second-order valence-corrected chi connectivity index (χ2v) is 7.65. The van der Waals surface area contributed by atoms with Gasteiger partial charge in [-0.2, -0.15) is 9.36 Å². The Balaban J connectivity index is 1.30. The Morgan fingerprint density at radius 1 is 1.00 bits per heavy atom. The minimum Gasteiger partial charge on any atom is -0.349 e. The van der Waals surface area contributed by atoms with Gasteiger partial charge >= 0.3 is 0 Å². The van der Waals surface area contributed by atoms with E-state index in [4.69, 9.17) is 0 Å². The topological polar surface area (TPSA) is 89.4 Å². The summed E-state index contributed by atoms with van der Waals surface area (Å²) in [5.41, 5.74) is 4.07. The van der Waals surface area contributed by atoms with Crippen molar-refractivity contribution in [2.24, 2.45) is 0 Å². The summed E-state index contributed by atoms with van der Waals surface area (Å²) in [6.07, 6.45) is 6.75. The first-order chi connectivity index (χ1) is 15.2. The number of rotatable bonds is 5. The third kappa shape index (κ3) is 4.08. The predicted octanol–water partition coefficient (Wildman–Crippen LogP) is 4.66. The lowest BCUT2D eigenvalue weighted by molar-refractivity contribution is 0.623. The Morgan fingerprint density at radius 3 is 2.81 bits per heavy atom. The molecule has 0 unspecified atom stereocenters. The lowest BCUT2D eigenvalue weighted by atomic mass is 10.1. The monoisotopic (exact) mass is 429 g/mol. The molecule has 0 atom stereocenters. The van der Waals surface area contributed by atoms with E-state index in [0.717, 1.165) is 22.3 Å². The largest absolute Gasteiger partial charge is 0.349 e. The third-order valence-corrected chi connectivity index (χ3v) is 5.39. The number of hydrogen-bond donors (Lipinski definition) is 1. The van der Waals surface area contributed by atoms with Crippen LogP contribution in [0.3, 0.4) is 0 Å². The standard InChI is InChI=1S/C22H16FN7S/c1-13-7-16(4-6-24-13)20-17(23)8-14(10-27-20)11-28-22-29-21(31-30-22)18-9-15-3-2-5-25-19(15)12-26-18/h2-10,12H,11H2,1H3,(H,28,30). The molecule has 152 valence electrons. The van der Waals surface area contributed by atoms with Gasteiger partial charge < -0.3 is 5.32 Å². The molecule has 0 bridgehead atoms. The zero-order chi connectivity index (χ0) is 21.2. The molecular formula is C22H16FN7S. The number of hydrogen-bond acceptors (Lipinski definition) is 8. The van der Waals surface area contributed by atoms with Gasteiger partial charge in [0.1, 0.15) is 17.2 Å².